The summed E-state index contributed by atoms with van der Waals surface area (Å²) in [5, 5.41) is 4.07. The van der Waals surface area contributed by atoms with E-state index >= 15 is 0 Å². The fourth-order valence-electron chi connectivity index (χ4n) is 1.52. The molecule has 1 aliphatic heterocycles. The summed E-state index contributed by atoms with van der Waals surface area (Å²) < 4.78 is 0. The van der Waals surface area contributed by atoms with Gasteiger partial charge in [-0.25, -0.2) is 0 Å². The van der Waals surface area contributed by atoms with E-state index in [2.05, 4.69) is 10.3 Å². The van der Waals surface area contributed by atoms with Crippen LogP contribution in [-0.2, 0) is 4.79 Å². The number of benzene rings is 1. The average molecular weight is 234 g/mol. The Hall–Kier alpha value is -1.29. The van der Waals surface area contributed by atoms with Crippen LogP contribution in [0, 0.1) is 0 Å². The normalized spacial score (nSPS) is 20.4. The minimum absolute atomic E-state index is 0.160. The first-order chi connectivity index (χ1) is 7.79. The number of aliphatic imine (C=N–C) groups is 1. The molecule has 0 aromatic heterocycles. The van der Waals surface area contributed by atoms with E-state index < -0.39 is 0 Å². The predicted octanol–water partition coefficient (Wildman–Crippen LogP) is 2.55. The Bertz CT molecular complexity index is 403. The molecule has 1 atom stereocenters. The van der Waals surface area contributed by atoms with Gasteiger partial charge in [0, 0.05) is 5.69 Å². The first-order valence-corrected chi connectivity index (χ1v) is 6.33. The number of ketones is 1. The highest BCUT2D eigenvalue weighted by atomic mass is 32.2. The molecule has 1 aliphatic rings. The first-order valence-electron chi connectivity index (χ1n) is 5.35. The van der Waals surface area contributed by atoms with E-state index in [9.17, 15) is 4.79 Å². The molecule has 1 unspecified atom stereocenters. The zero-order valence-corrected chi connectivity index (χ0v) is 9.96. The van der Waals surface area contributed by atoms with Gasteiger partial charge >= 0.3 is 0 Å². The maximum absolute atomic E-state index is 11.5. The summed E-state index contributed by atoms with van der Waals surface area (Å²) in [6.45, 7) is 1.99. The molecule has 1 heterocycles. The van der Waals surface area contributed by atoms with Crippen molar-refractivity contribution in [3.63, 3.8) is 0 Å². The quantitative estimate of drug-likeness (QED) is 0.855. The minimum Gasteiger partial charge on any atom is -0.335 e. The number of nitrogens with zero attached hydrogens (tertiary/aromatic N) is 1. The second-order valence-electron chi connectivity index (χ2n) is 3.60. The van der Waals surface area contributed by atoms with Gasteiger partial charge in [-0.05, 0) is 18.6 Å². The molecule has 2 rings (SSSR count). The highest BCUT2D eigenvalue weighted by molar-refractivity contribution is 8.14. The number of hydrogen-bond acceptors (Lipinski definition) is 4. The highest BCUT2D eigenvalue weighted by Crippen LogP contribution is 2.18. The average Bonchev–Trinajstić information content (AvgIpc) is 2.33. The molecule has 0 bridgehead atoms. The van der Waals surface area contributed by atoms with E-state index in [1.807, 2.05) is 37.3 Å². The van der Waals surface area contributed by atoms with E-state index in [0.29, 0.717) is 5.75 Å². The van der Waals surface area contributed by atoms with Crippen LogP contribution in [0.15, 0.2) is 35.3 Å². The zero-order chi connectivity index (χ0) is 11.4. The highest BCUT2D eigenvalue weighted by Gasteiger charge is 2.22. The monoisotopic (exact) mass is 234 g/mol. The van der Waals surface area contributed by atoms with Crippen LogP contribution in [-0.4, -0.2) is 22.7 Å². The molecular formula is C12H14N2OS. The summed E-state index contributed by atoms with van der Waals surface area (Å²) in [5.74, 6) is 0.753. The van der Waals surface area contributed by atoms with Crippen molar-refractivity contribution < 1.29 is 4.79 Å². The molecule has 16 heavy (non-hydrogen) atoms. The molecule has 0 amide bonds. The molecule has 4 heteroatoms. The predicted molar refractivity (Wildman–Crippen MR) is 69.0 cm³/mol. The van der Waals surface area contributed by atoms with Crippen LogP contribution >= 0.6 is 11.8 Å². The second-order valence-corrected chi connectivity index (χ2v) is 4.57. The second kappa shape index (κ2) is 5.16. The van der Waals surface area contributed by atoms with Crippen molar-refractivity contribution in [3.8, 4) is 0 Å². The summed E-state index contributed by atoms with van der Waals surface area (Å²) in [4.78, 5) is 15.9. The largest absolute Gasteiger partial charge is 0.335 e. The maximum atomic E-state index is 11.5. The fraction of sp³-hybridized carbons (Fsp3) is 0.333. The smallest absolute Gasteiger partial charge is 0.167 e. The Balaban J connectivity index is 2.08. The van der Waals surface area contributed by atoms with Crippen molar-refractivity contribution in [1.82, 2.24) is 0 Å². The van der Waals surface area contributed by atoms with Crippen LogP contribution in [0.1, 0.15) is 13.3 Å². The summed E-state index contributed by atoms with van der Waals surface area (Å²) >= 11 is 1.47. The number of anilines is 1. The van der Waals surface area contributed by atoms with Gasteiger partial charge in [-0.2, -0.15) is 0 Å². The van der Waals surface area contributed by atoms with Gasteiger partial charge in [0.15, 0.2) is 11.0 Å². The summed E-state index contributed by atoms with van der Waals surface area (Å²) in [6, 6.07) is 9.73. The molecule has 0 aliphatic carbocycles. The SMILES string of the molecule is CCC1N=C(Nc2ccccc2)SCC1=O. The van der Waals surface area contributed by atoms with Gasteiger partial charge in [0.2, 0.25) is 0 Å². The molecule has 1 aromatic rings. The minimum atomic E-state index is -0.160. The lowest BCUT2D eigenvalue weighted by Crippen LogP contribution is -2.28. The lowest BCUT2D eigenvalue weighted by Gasteiger charge is -2.18. The number of nitrogens with one attached hydrogen (secondary N) is 1. The Morgan fingerprint density at radius 3 is 2.88 bits per heavy atom. The number of carbonyl (C=O) groups is 1. The van der Waals surface area contributed by atoms with Crippen molar-refractivity contribution in [2.45, 2.75) is 19.4 Å². The van der Waals surface area contributed by atoms with E-state index in [0.717, 1.165) is 17.3 Å². The van der Waals surface area contributed by atoms with E-state index in [1.165, 1.54) is 11.8 Å². The van der Waals surface area contributed by atoms with Crippen molar-refractivity contribution in [2.24, 2.45) is 4.99 Å². The molecule has 0 fully saturated rings. The Kier molecular flexibility index (Phi) is 3.62. The van der Waals surface area contributed by atoms with Crippen LogP contribution in [0.2, 0.25) is 0 Å². The molecule has 84 valence electrons. The van der Waals surface area contributed by atoms with Crippen molar-refractivity contribution in [1.29, 1.82) is 0 Å². The maximum Gasteiger partial charge on any atom is 0.167 e. The molecule has 3 nitrogen and oxygen atoms in total. The van der Waals surface area contributed by atoms with Gasteiger partial charge < -0.3 is 5.32 Å². The first kappa shape index (κ1) is 11.2. The van der Waals surface area contributed by atoms with Gasteiger partial charge in [-0.1, -0.05) is 36.9 Å². The van der Waals surface area contributed by atoms with Crippen LogP contribution < -0.4 is 5.32 Å². The van der Waals surface area contributed by atoms with E-state index in [-0.39, 0.29) is 11.8 Å². The van der Waals surface area contributed by atoms with E-state index in [4.69, 9.17) is 0 Å². The summed E-state index contributed by atoms with van der Waals surface area (Å²) in [7, 11) is 0. The summed E-state index contributed by atoms with van der Waals surface area (Å²) in [5.41, 5.74) is 1.01. The fourth-order valence-corrected chi connectivity index (χ4v) is 2.38. The number of thioether (sulfide) groups is 1. The molecule has 0 saturated heterocycles. The number of Topliss-reactive ketones (excluding diaryl/α,β-unsaturated/α-hetero) is 1. The Morgan fingerprint density at radius 1 is 1.44 bits per heavy atom. The molecule has 0 saturated carbocycles. The Labute approximate surface area is 99.3 Å². The van der Waals surface area contributed by atoms with Crippen LogP contribution in [0.25, 0.3) is 0 Å². The van der Waals surface area contributed by atoms with Crippen molar-refractivity contribution in [2.75, 3.05) is 11.1 Å². The van der Waals surface area contributed by atoms with Gasteiger partial charge in [0.25, 0.3) is 0 Å². The van der Waals surface area contributed by atoms with Gasteiger partial charge in [-0.15, -0.1) is 0 Å². The van der Waals surface area contributed by atoms with Gasteiger partial charge in [0.05, 0.1) is 5.75 Å². The van der Waals surface area contributed by atoms with Gasteiger partial charge in [0.1, 0.15) is 6.04 Å². The third-order valence-electron chi connectivity index (χ3n) is 2.41. The van der Waals surface area contributed by atoms with Crippen LogP contribution in [0.4, 0.5) is 5.69 Å². The third-order valence-corrected chi connectivity index (χ3v) is 3.32. The standard InChI is InChI=1S/C12H14N2OS/c1-2-10-11(15)8-16-12(14-10)13-9-6-4-3-5-7-9/h3-7,10H,2,8H2,1H3,(H,13,14). The number of amidine groups is 1. The topological polar surface area (TPSA) is 41.5 Å². The zero-order valence-electron chi connectivity index (χ0n) is 9.14. The molecule has 1 N–H and O–H groups in total. The molecule has 0 radical (unpaired) electrons. The van der Waals surface area contributed by atoms with Crippen molar-refractivity contribution >= 4 is 28.4 Å². The number of hydrogen-bond donors (Lipinski definition) is 1. The summed E-state index contributed by atoms with van der Waals surface area (Å²) in [6.07, 6.45) is 0.777. The van der Waals surface area contributed by atoms with Crippen molar-refractivity contribution in [3.05, 3.63) is 30.3 Å². The third kappa shape index (κ3) is 2.64. The van der Waals surface area contributed by atoms with Crippen LogP contribution in [0.5, 0.6) is 0 Å². The number of rotatable bonds is 2. The molecular weight excluding hydrogens is 220 g/mol. The number of para-hydroxylation sites is 1. The van der Waals surface area contributed by atoms with Gasteiger partial charge in [-0.3, -0.25) is 9.79 Å². The Morgan fingerprint density at radius 2 is 2.19 bits per heavy atom. The molecule has 0 spiro atoms. The lowest BCUT2D eigenvalue weighted by atomic mass is 10.2. The molecule has 1 aromatic carbocycles. The number of carbonyl (C=O) groups excluding carboxylic acids is 1. The van der Waals surface area contributed by atoms with Crippen LogP contribution in [0.3, 0.4) is 0 Å². The van der Waals surface area contributed by atoms with E-state index in [1.54, 1.807) is 0 Å². The lowest BCUT2D eigenvalue weighted by molar-refractivity contribution is -0.117.